The number of hydrogen-bond donors (Lipinski definition) is 1. The molecule has 0 amide bonds. The quantitative estimate of drug-likeness (QED) is 0.582. The SMILES string of the molecule is CCCN(CC#N)c1cccc(N)c1. The summed E-state index contributed by atoms with van der Waals surface area (Å²) in [6, 6.07) is 9.78. The molecule has 0 spiro atoms. The molecule has 0 aliphatic carbocycles. The van der Waals surface area contributed by atoms with Gasteiger partial charge in [0.1, 0.15) is 6.54 Å². The summed E-state index contributed by atoms with van der Waals surface area (Å²) in [5.74, 6) is 0. The van der Waals surface area contributed by atoms with E-state index in [1.807, 2.05) is 29.2 Å². The van der Waals surface area contributed by atoms with Crippen LogP contribution in [0.3, 0.4) is 0 Å². The molecule has 0 saturated carbocycles. The van der Waals surface area contributed by atoms with Gasteiger partial charge in [-0.1, -0.05) is 13.0 Å². The first-order chi connectivity index (χ1) is 6.77. The predicted molar refractivity (Wildman–Crippen MR) is 59.0 cm³/mol. The van der Waals surface area contributed by atoms with Crippen LogP contribution >= 0.6 is 0 Å². The molecular formula is C11H15N3. The number of anilines is 2. The summed E-state index contributed by atoms with van der Waals surface area (Å²) in [6.07, 6.45) is 1.02. The van der Waals surface area contributed by atoms with Crippen molar-refractivity contribution in [3.05, 3.63) is 24.3 Å². The molecule has 2 N–H and O–H groups in total. The zero-order valence-electron chi connectivity index (χ0n) is 8.40. The normalized spacial score (nSPS) is 9.43. The van der Waals surface area contributed by atoms with E-state index in [0.717, 1.165) is 24.3 Å². The number of nitrogen functional groups attached to an aromatic ring is 1. The Bertz CT molecular complexity index is 328. The van der Waals surface area contributed by atoms with E-state index < -0.39 is 0 Å². The predicted octanol–water partition coefficient (Wildman–Crippen LogP) is 2.01. The smallest absolute Gasteiger partial charge is 0.105 e. The van der Waals surface area contributed by atoms with E-state index in [1.54, 1.807) is 0 Å². The zero-order valence-corrected chi connectivity index (χ0v) is 8.40. The van der Waals surface area contributed by atoms with Gasteiger partial charge in [0.15, 0.2) is 0 Å². The summed E-state index contributed by atoms with van der Waals surface area (Å²) < 4.78 is 0. The number of hydrogen-bond acceptors (Lipinski definition) is 3. The van der Waals surface area contributed by atoms with E-state index in [9.17, 15) is 0 Å². The van der Waals surface area contributed by atoms with E-state index in [2.05, 4.69) is 13.0 Å². The Labute approximate surface area is 84.7 Å². The Balaban J connectivity index is 2.82. The molecule has 74 valence electrons. The Kier molecular flexibility index (Phi) is 3.81. The van der Waals surface area contributed by atoms with Gasteiger partial charge < -0.3 is 10.6 Å². The van der Waals surface area contributed by atoms with Crippen molar-refractivity contribution in [2.75, 3.05) is 23.7 Å². The monoisotopic (exact) mass is 189 g/mol. The summed E-state index contributed by atoms with van der Waals surface area (Å²) in [6.45, 7) is 3.39. The molecule has 14 heavy (non-hydrogen) atoms. The molecule has 0 radical (unpaired) electrons. The molecule has 0 aromatic heterocycles. The van der Waals surface area contributed by atoms with E-state index in [0.29, 0.717) is 6.54 Å². The van der Waals surface area contributed by atoms with Gasteiger partial charge in [-0.15, -0.1) is 0 Å². The molecule has 0 heterocycles. The molecule has 0 unspecified atom stereocenters. The molecule has 3 heteroatoms. The van der Waals surface area contributed by atoms with Crippen molar-refractivity contribution < 1.29 is 0 Å². The lowest BCUT2D eigenvalue weighted by atomic mass is 10.2. The van der Waals surface area contributed by atoms with Crippen molar-refractivity contribution in [3.8, 4) is 6.07 Å². The van der Waals surface area contributed by atoms with E-state index in [-0.39, 0.29) is 0 Å². The zero-order chi connectivity index (χ0) is 10.4. The summed E-state index contributed by atoms with van der Waals surface area (Å²) >= 11 is 0. The Hall–Kier alpha value is -1.69. The van der Waals surface area contributed by atoms with Crippen LogP contribution < -0.4 is 10.6 Å². The Morgan fingerprint density at radius 1 is 1.50 bits per heavy atom. The second-order valence-electron chi connectivity index (χ2n) is 3.17. The Morgan fingerprint density at radius 3 is 2.86 bits per heavy atom. The van der Waals surface area contributed by atoms with Gasteiger partial charge >= 0.3 is 0 Å². The number of rotatable bonds is 4. The highest BCUT2D eigenvalue weighted by atomic mass is 15.1. The van der Waals surface area contributed by atoms with E-state index in [4.69, 9.17) is 11.0 Å². The first-order valence-electron chi connectivity index (χ1n) is 4.75. The van der Waals surface area contributed by atoms with Crippen LogP contribution in [-0.2, 0) is 0 Å². The maximum absolute atomic E-state index is 8.67. The Morgan fingerprint density at radius 2 is 2.29 bits per heavy atom. The average Bonchev–Trinajstić information content (AvgIpc) is 2.17. The minimum atomic E-state index is 0.414. The second kappa shape index (κ2) is 5.13. The van der Waals surface area contributed by atoms with Crippen LogP contribution in [0.1, 0.15) is 13.3 Å². The molecule has 0 saturated heterocycles. The standard InChI is InChI=1S/C11H15N3/c1-2-7-14(8-6-12)11-5-3-4-10(13)9-11/h3-5,9H,2,7-8,13H2,1H3. The molecule has 0 aliphatic heterocycles. The highest BCUT2D eigenvalue weighted by Gasteiger charge is 2.03. The van der Waals surface area contributed by atoms with Gasteiger partial charge in [-0.3, -0.25) is 0 Å². The molecule has 1 aromatic rings. The first kappa shape index (κ1) is 10.4. The van der Waals surface area contributed by atoms with Gasteiger partial charge in [0.2, 0.25) is 0 Å². The maximum Gasteiger partial charge on any atom is 0.105 e. The van der Waals surface area contributed by atoms with E-state index in [1.165, 1.54) is 0 Å². The van der Waals surface area contributed by atoms with Crippen LogP contribution in [0.25, 0.3) is 0 Å². The fourth-order valence-corrected chi connectivity index (χ4v) is 1.38. The van der Waals surface area contributed by atoms with Crippen LogP contribution in [0.4, 0.5) is 11.4 Å². The van der Waals surface area contributed by atoms with Crippen LogP contribution in [0.2, 0.25) is 0 Å². The van der Waals surface area contributed by atoms with Crippen molar-refractivity contribution in [2.45, 2.75) is 13.3 Å². The highest BCUT2D eigenvalue weighted by molar-refractivity contribution is 5.56. The van der Waals surface area contributed by atoms with Crippen molar-refractivity contribution >= 4 is 11.4 Å². The fourth-order valence-electron chi connectivity index (χ4n) is 1.38. The van der Waals surface area contributed by atoms with Crippen molar-refractivity contribution in [2.24, 2.45) is 0 Å². The molecule has 0 bridgehead atoms. The number of nitrogens with zero attached hydrogens (tertiary/aromatic N) is 2. The summed E-state index contributed by atoms with van der Waals surface area (Å²) in [7, 11) is 0. The second-order valence-corrected chi connectivity index (χ2v) is 3.17. The molecular weight excluding hydrogens is 174 g/mol. The lowest BCUT2D eigenvalue weighted by Crippen LogP contribution is -2.24. The topological polar surface area (TPSA) is 53.0 Å². The molecule has 0 atom stereocenters. The third-order valence-electron chi connectivity index (χ3n) is 1.99. The molecule has 0 fully saturated rings. The minimum absolute atomic E-state index is 0.414. The minimum Gasteiger partial charge on any atom is -0.399 e. The van der Waals surface area contributed by atoms with Crippen LogP contribution in [0.15, 0.2) is 24.3 Å². The maximum atomic E-state index is 8.67. The largest absolute Gasteiger partial charge is 0.399 e. The van der Waals surface area contributed by atoms with Gasteiger partial charge in [-0.05, 0) is 24.6 Å². The number of benzene rings is 1. The summed E-state index contributed by atoms with van der Waals surface area (Å²) in [5, 5.41) is 8.67. The van der Waals surface area contributed by atoms with Crippen LogP contribution in [-0.4, -0.2) is 13.1 Å². The summed E-state index contributed by atoms with van der Waals surface area (Å²) in [5.41, 5.74) is 7.44. The van der Waals surface area contributed by atoms with E-state index >= 15 is 0 Å². The molecule has 3 nitrogen and oxygen atoms in total. The number of nitriles is 1. The van der Waals surface area contributed by atoms with Crippen molar-refractivity contribution in [1.82, 2.24) is 0 Å². The van der Waals surface area contributed by atoms with Crippen molar-refractivity contribution in [1.29, 1.82) is 5.26 Å². The van der Waals surface area contributed by atoms with Crippen LogP contribution in [0.5, 0.6) is 0 Å². The lowest BCUT2D eigenvalue weighted by Gasteiger charge is -2.21. The van der Waals surface area contributed by atoms with Gasteiger partial charge in [0.25, 0.3) is 0 Å². The van der Waals surface area contributed by atoms with Gasteiger partial charge in [-0.2, -0.15) is 5.26 Å². The lowest BCUT2D eigenvalue weighted by molar-refractivity contribution is 0.820. The fraction of sp³-hybridized carbons (Fsp3) is 0.364. The van der Waals surface area contributed by atoms with Gasteiger partial charge in [0, 0.05) is 17.9 Å². The molecule has 1 rings (SSSR count). The first-order valence-corrected chi connectivity index (χ1v) is 4.75. The number of nitrogens with two attached hydrogens (primary N) is 1. The summed E-state index contributed by atoms with van der Waals surface area (Å²) in [4.78, 5) is 2.02. The molecule has 0 aliphatic rings. The highest BCUT2D eigenvalue weighted by Crippen LogP contribution is 2.17. The van der Waals surface area contributed by atoms with Crippen LogP contribution in [0, 0.1) is 11.3 Å². The average molecular weight is 189 g/mol. The van der Waals surface area contributed by atoms with Gasteiger partial charge in [-0.25, -0.2) is 0 Å². The molecule has 1 aromatic carbocycles. The van der Waals surface area contributed by atoms with Crippen molar-refractivity contribution in [3.63, 3.8) is 0 Å². The third kappa shape index (κ3) is 2.67. The van der Waals surface area contributed by atoms with Gasteiger partial charge in [0.05, 0.1) is 6.07 Å². The third-order valence-corrected chi connectivity index (χ3v) is 1.99.